The van der Waals surface area contributed by atoms with E-state index in [1.54, 1.807) is 19.1 Å². The standard InChI is InChI=1S/C21H22FN3O3/c1-15-24-25-21(28-15)19(16-6-3-2-4-7-16)14-20(26)23-12-5-13-27-18-10-8-17(22)9-11-18/h2-4,6-11,19H,5,12-14H2,1H3,(H,23,26). The zero-order chi connectivity index (χ0) is 19.8. The van der Waals surface area contributed by atoms with Crippen LogP contribution in [0, 0.1) is 12.7 Å². The summed E-state index contributed by atoms with van der Waals surface area (Å²) >= 11 is 0. The van der Waals surface area contributed by atoms with Gasteiger partial charge in [-0.2, -0.15) is 0 Å². The monoisotopic (exact) mass is 383 g/mol. The van der Waals surface area contributed by atoms with Gasteiger partial charge in [0.25, 0.3) is 0 Å². The van der Waals surface area contributed by atoms with Crippen molar-refractivity contribution in [2.45, 2.75) is 25.7 Å². The van der Waals surface area contributed by atoms with Crippen molar-refractivity contribution in [1.29, 1.82) is 0 Å². The van der Waals surface area contributed by atoms with Gasteiger partial charge in [-0.25, -0.2) is 4.39 Å². The molecule has 1 atom stereocenters. The van der Waals surface area contributed by atoms with Crippen LogP contribution in [0.25, 0.3) is 0 Å². The van der Waals surface area contributed by atoms with E-state index in [4.69, 9.17) is 9.15 Å². The van der Waals surface area contributed by atoms with Crippen LogP contribution >= 0.6 is 0 Å². The van der Waals surface area contributed by atoms with Crippen molar-refractivity contribution in [3.63, 3.8) is 0 Å². The van der Waals surface area contributed by atoms with Gasteiger partial charge in [0.2, 0.25) is 17.7 Å². The maximum atomic E-state index is 12.9. The van der Waals surface area contributed by atoms with E-state index >= 15 is 0 Å². The van der Waals surface area contributed by atoms with Crippen molar-refractivity contribution in [2.75, 3.05) is 13.2 Å². The van der Waals surface area contributed by atoms with Gasteiger partial charge < -0.3 is 14.5 Å². The van der Waals surface area contributed by atoms with Crippen LogP contribution in [0.1, 0.15) is 36.1 Å². The highest BCUT2D eigenvalue weighted by Crippen LogP contribution is 2.26. The van der Waals surface area contributed by atoms with Gasteiger partial charge in [-0.05, 0) is 36.2 Å². The minimum Gasteiger partial charge on any atom is -0.494 e. The number of carbonyl (C=O) groups is 1. The average Bonchev–Trinajstić information content (AvgIpc) is 3.14. The molecule has 1 heterocycles. The van der Waals surface area contributed by atoms with Crippen molar-refractivity contribution in [1.82, 2.24) is 15.5 Å². The van der Waals surface area contributed by atoms with Crippen molar-refractivity contribution in [2.24, 2.45) is 0 Å². The molecule has 0 aliphatic carbocycles. The number of rotatable bonds is 9. The Morgan fingerprint density at radius 3 is 2.57 bits per heavy atom. The summed E-state index contributed by atoms with van der Waals surface area (Å²) in [7, 11) is 0. The van der Waals surface area contributed by atoms with Crippen LogP contribution in [0.3, 0.4) is 0 Å². The van der Waals surface area contributed by atoms with E-state index in [2.05, 4.69) is 15.5 Å². The SMILES string of the molecule is Cc1nnc(C(CC(=O)NCCCOc2ccc(F)cc2)c2ccccc2)o1. The summed E-state index contributed by atoms with van der Waals surface area (Å²) < 4.78 is 23.9. The third kappa shape index (κ3) is 5.64. The molecule has 0 spiro atoms. The Balaban J connectivity index is 1.48. The maximum Gasteiger partial charge on any atom is 0.224 e. The Labute approximate surface area is 162 Å². The second-order valence-corrected chi connectivity index (χ2v) is 6.33. The fourth-order valence-corrected chi connectivity index (χ4v) is 2.76. The third-order valence-corrected chi connectivity index (χ3v) is 4.16. The number of halogens is 1. The number of nitrogens with zero attached hydrogens (tertiary/aromatic N) is 2. The zero-order valence-electron chi connectivity index (χ0n) is 15.6. The quantitative estimate of drug-likeness (QED) is 0.571. The number of ether oxygens (including phenoxy) is 1. The predicted octanol–water partition coefficient (Wildman–Crippen LogP) is 3.62. The third-order valence-electron chi connectivity index (χ3n) is 4.16. The number of nitrogens with one attached hydrogen (secondary N) is 1. The number of hydrogen-bond acceptors (Lipinski definition) is 5. The molecule has 0 saturated heterocycles. The molecule has 1 amide bonds. The van der Waals surface area contributed by atoms with E-state index in [0.717, 1.165) is 5.56 Å². The summed E-state index contributed by atoms with van der Waals surface area (Å²) in [6.07, 6.45) is 0.850. The van der Waals surface area contributed by atoms with Crippen LogP contribution in [-0.2, 0) is 4.79 Å². The van der Waals surface area contributed by atoms with E-state index in [1.165, 1.54) is 12.1 Å². The number of carbonyl (C=O) groups excluding carboxylic acids is 1. The van der Waals surface area contributed by atoms with Crippen LogP contribution in [0.15, 0.2) is 59.0 Å². The Hall–Kier alpha value is -3.22. The summed E-state index contributed by atoms with van der Waals surface area (Å²) in [6, 6.07) is 15.5. The Morgan fingerprint density at radius 2 is 1.89 bits per heavy atom. The molecule has 28 heavy (non-hydrogen) atoms. The highest BCUT2D eigenvalue weighted by atomic mass is 19.1. The molecule has 3 aromatic rings. The molecule has 146 valence electrons. The first-order valence-corrected chi connectivity index (χ1v) is 9.12. The van der Waals surface area contributed by atoms with Crippen molar-refractivity contribution in [3.8, 4) is 5.75 Å². The fourth-order valence-electron chi connectivity index (χ4n) is 2.76. The summed E-state index contributed by atoms with van der Waals surface area (Å²) in [5.74, 6) is 0.796. The minimum absolute atomic E-state index is 0.105. The second-order valence-electron chi connectivity index (χ2n) is 6.33. The molecule has 0 aliphatic rings. The first-order valence-electron chi connectivity index (χ1n) is 9.12. The molecule has 0 bridgehead atoms. The molecule has 0 radical (unpaired) electrons. The van der Waals surface area contributed by atoms with Crippen LogP contribution < -0.4 is 10.1 Å². The number of amides is 1. The van der Waals surface area contributed by atoms with Crippen LogP contribution in [0.4, 0.5) is 4.39 Å². The lowest BCUT2D eigenvalue weighted by Crippen LogP contribution is -2.27. The number of benzene rings is 2. The summed E-state index contributed by atoms with van der Waals surface area (Å²) in [5, 5.41) is 10.8. The summed E-state index contributed by atoms with van der Waals surface area (Å²) in [4.78, 5) is 12.4. The van der Waals surface area contributed by atoms with E-state index in [1.807, 2.05) is 30.3 Å². The molecule has 2 aromatic carbocycles. The first-order chi connectivity index (χ1) is 13.6. The van der Waals surface area contributed by atoms with Crippen molar-refractivity contribution < 1.29 is 18.3 Å². The fraction of sp³-hybridized carbons (Fsp3) is 0.286. The van der Waals surface area contributed by atoms with E-state index < -0.39 is 0 Å². The molecular formula is C21H22FN3O3. The number of aryl methyl sites for hydroxylation is 1. The van der Waals surface area contributed by atoms with Crippen LogP contribution in [-0.4, -0.2) is 29.3 Å². The van der Waals surface area contributed by atoms with Gasteiger partial charge in [0, 0.05) is 19.9 Å². The van der Waals surface area contributed by atoms with Gasteiger partial charge >= 0.3 is 0 Å². The first kappa shape index (κ1) is 19.5. The molecule has 0 fully saturated rings. The molecule has 1 aromatic heterocycles. The Bertz CT molecular complexity index is 881. The molecular weight excluding hydrogens is 361 g/mol. The van der Waals surface area contributed by atoms with Crippen LogP contribution in [0.2, 0.25) is 0 Å². The lowest BCUT2D eigenvalue weighted by Gasteiger charge is -2.14. The van der Waals surface area contributed by atoms with Crippen LogP contribution in [0.5, 0.6) is 5.75 Å². The van der Waals surface area contributed by atoms with E-state index in [-0.39, 0.29) is 24.1 Å². The molecule has 7 heteroatoms. The Morgan fingerprint density at radius 1 is 1.14 bits per heavy atom. The van der Waals surface area contributed by atoms with E-state index in [9.17, 15) is 9.18 Å². The topological polar surface area (TPSA) is 77.2 Å². The van der Waals surface area contributed by atoms with Gasteiger partial charge in [-0.3, -0.25) is 4.79 Å². The summed E-state index contributed by atoms with van der Waals surface area (Å²) in [6.45, 7) is 2.63. The normalized spacial score (nSPS) is 11.8. The van der Waals surface area contributed by atoms with Crippen molar-refractivity contribution in [3.05, 3.63) is 77.8 Å². The summed E-state index contributed by atoms with van der Waals surface area (Å²) in [5.41, 5.74) is 0.945. The molecule has 1 unspecified atom stereocenters. The lowest BCUT2D eigenvalue weighted by atomic mass is 9.95. The van der Waals surface area contributed by atoms with Gasteiger partial charge in [-0.15, -0.1) is 10.2 Å². The second kappa shape index (κ2) is 9.64. The van der Waals surface area contributed by atoms with Crippen molar-refractivity contribution >= 4 is 5.91 Å². The molecule has 1 N–H and O–H groups in total. The largest absolute Gasteiger partial charge is 0.494 e. The number of hydrogen-bond donors (Lipinski definition) is 1. The molecule has 3 rings (SSSR count). The minimum atomic E-state index is -0.302. The molecule has 0 aliphatic heterocycles. The highest BCUT2D eigenvalue weighted by Gasteiger charge is 2.23. The van der Waals surface area contributed by atoms with Gasteiger partial charge in [-0.1, -0.05) is 30.3 Å². The van der Waals surface area contributed by atoms with E-state index in [0.29, 0.717) is 37.1 Å². The maximum absolute atomic E-state index is 12.9. The average molecular weight is 383 g/mol. The zero-order valence-corrected chi connectivity index (χ0v) is 15.6. The van der Waals surface area contributed by atoms with Gasteiger partial charge in [0.05, 0.1) is 12.5 Å². The molecule has 6 nitrogen and oxygen atoms in total. The lowest BCUT2D eigenvalue weighted by molar-refractivity contribution is -0.121. The predicted molar refractivity (Wildman–Crippen MR) is 101 cm³/mol. The highest BCUT2D eigenvalue weighted by molar-refractivity contribution is 5.77. The molecule has 0 saturated carbocycles. The smallest absolute Gasteiger partial charge is 0.224 e. The van der Waals surface area contributed by atoms with Gasteiger partial charge in [0.1, 0.15) is 11.6 Å². The van der Waals surface area contributed by atoms with Gasteiger partial charge in [0.15, 0.2) is 0 Å². The number of aromatic nitrogens is 2. The Kier molecular flexibility index (Phi) is 6.73.